The normalized spacial score (nSPS) is 16.9. The van der Waals surface area contributed by atoms with E-state index in [9.17, 15) is 14.7 Å². The lowest BCUT2D eigenvalue weighted by molar-refractivity contribution is -0.151. The number of hydrogen-bond donors (Lipinski definition) is 2. The van der Waals surface area contributed by atoms with Gasteiger partial charge in [-0.1, -0.05) is 43.2 Å². The SMILES string of the molecule is COc1ccnc(C(=O)N[C@@H](C)C(=O)O[C@@H](C)[C@@H](c2ccccc2)C2CCCC2)c1O. The molecule has 1 aromatic carbocycles. The molecular weight excluding hydrogens is 396 g/mol. The first-order chi connectivity index (χ1) is 14.9. The van der Waals surface area contributed by atoms with Crippen molar-refractivity contribution in [2.24, 2.45) is 5.92 Å². The number of hydrogen-bond acceptors (Lipinski definition) is 6. The van der Waals surface area contributed by atoms with E-state index in [1.165, 1.54) is 32.2 Å². The van der Waals surface area contributed by atoms with Crippen LogP contribution in [0.4, 0.5) is 0 Å². The average molecular weight is 427 g/mol. The molecule has 1 aliphatic carbocycles. The van der Waals surface area contributed by atoms with Gasteiger partial charge in [-0.15, -0.1) is 0 Å². The van der Waals surface area contributed by atoms with Crippen LogP contribution >= 0.6 is 0 Å². The lowest BCUT2D eigenvalue weighted by Gasteiger charge is -2.30. The van der Waals surface area contributed by atoms with E-state index >= 15 is 0 Å². The molecule has 0 radical (unpaired) electrons. The predicted molar refractivity (Wildman–Crippen MR) is 116 cm³/mol. The maximum Gasteiger partial charge on any atom is 0.328 e. The summed E-state index contributed by atoms with van der Waals surface area (Å²) in [5.41, 5.74) is 0.956. The van der Waals surface area contributed by atoms with Gasteiger partial charge in [-0.2, -0.15) is 0 Å². The van der Waals surface area contributed by atoms with Gasteiger partial charge in [0, 0.05) is 18.2 Å². The van der Waals surface area contributed by atoms with Gasteiger partial charge in [0.15, 0.2) is 17.2 Å². The van der Waals surface area contributed by atoms with Crippen molar-refractivity contribution >= 4 is 11.9 Å². The molecule has 2 aromatic rings. The zero-order valence-corrected chi connectivity index (χ0v) is 18.2. The van der Waals surface area contributed by atoms with Crippen LogP contribution in [0.3, 0.4) is 0 Å². The van der Waals surface area contributed by atoms with Crippen LogP contribution in [-0.2, 0) is 9.53 Å². The van der Waals surface area contributed by atoms with E-state index in [-0.39, 0.29) is 29.2 Å². The Balaban J connectivity index is 1.67. The molecule has 1 aromatic heterocycles. The number of benzene rings is 1. The number of aromatic nitrogens is 1. The third-order valence-electron chi connectivity index (χ3n) is 5.92. The Hall–Kier alpha value is -3.09. The minimum Gasteiger partial charge on any atom is -0.503 e. The first-order valence-electron chi connectivity index (χ1n) is 10.7. The smallest absolute Gasteiger partial charge is 0.328 e. The van der Waals surface area contributed by atoms with Gasteiger partial charge in [0.25, 0.3) is 5.91 Å². The zero-order valence-electron chi connectivity index (χ0n) is 18.2. The number of pyridine rings is 1. The Morgan fingerprint density at radius 2 is 1.81 bits per heavy atom. The fraction of sp³-hybridized carbons (Fsp3) is 0.458. The van der Waals surface area contributed by atoms with Crippen molar-refractivity contribution in [3.8, 4) is 11.5 Å². The number of aromatic hydroxyl groups is 1. The van der Waals surface area contributed by atoms with Gasteiger partial charge in [-0.3, -0.25) is 4.79 Å². The summed E-state index contributed by atoms with van der Waals surface area (Å²) in [6.45, 7) is 3.47. The molecule has 7 heteroatoms. The molecule has 0 unspecified atom stereocenters. The second-order valence-electron chi connectivity index (χ2n) is 8.03. The van der Waals surface area contributed by atoms with Gasteiger partial charge in [-0.25, -0.2) is 9.78 Å². The van der Waals surface area contributed by atoms with Gasteiger partial charge in [-0.05, 0) is 38.2 Å². The third-order valence-corrected chi connectivity index (χ3v) is 5.92. The van der Waals surface area contributed by atoms with Crippen LogP contribution in [-0.4, -0.2) is 41.2 Å². The van der Waals surface area contributed by atoms with Crippen LogP contribution in [0.1, 0.15) is 61.5 Å². The molecule has 1 amide bonds. The molecule has 1 heterocycles. The van der Waals surface area contributed by atoms with Gasteiger partial charge in [0.1, 0.15) is 12.1 Å². The van der Waals surface area contributed by atoms with Crippen LogP contribution < -0.4 is 10.1 Å². The lowest BCUT2D eigenvalue weighted by atomic mass is 9.81. The molecule has 3 atom stereocenters. The summed E-state index contributed by atoms with van der Waals surface area (Å²) in [7, 11) is 1.38. The van der Waals surface area contributed by atoms with Crippen molar-refractivity contribution < 1.29 is 24.2 Å². The van der Waals surface area contributed by atoms with E-state index in [4.69, 9.17) is 9.47 Å². The number of carbonyl (C=O) groups is 2. The first-order valence-corrected chi connectivity index (χ1v) is 10.7. The second kappa shape index (κ2) is 10.3. The lowest BCUT2D eigenvalue weighted by Crippen LogP contribution is -2.42. The number of esters is 1. The van der Waals surface area contributed by atoms with Gasteiger partial charge in [0.2, 0.25) is 0 Å². The monoisotopic (exact) mass is 426 g/mol. The van der Waals surface area contributed by atoms with E-state index in [2.05, 4.69) is 22.4 Å². The highest BCUT2D eigenvalue weighted by Gasteiger charge is 2.33. The van der Waals surface area contributed by atoms with E-state index in [0.29, 0.717) is 5.92 Å². The summed E-state index contributed by atoms with van der Waals surface area (Å²) < 4.78 is 10.8. The van der Waals surface area contributed by atoms with Crippen LogP contribution in [0.5, 0.6) is 11.5 Å². The fourth-order valence-corrected chi connectivity index (χ4v) is 4.37. The number of ether oxygens (including phenoxy) is 2. The highest BCUT2D eigenvalue weighted by Crippen LogP contribution is 2.40. The number of methoxy groups -OCH3 is 1. The van der Waals surface area contributed by atoms with Crippen LogP contribution in [0.25, 0.3) is 0 Å². The molecule has 0 aliphatic heterocycles. The summed E-state index contributed by atoms with van der Waals surface area (Å²) in [6, 6.07) is 10.7. The number of amides is 1. The minimum absolute atomic E-state index is 0.111. The van der Waals surface area contributed by atoms with E-state index < -0.39 is 17.9 Å². The quantitative estimate of drug-likeness (QED) is 0.623. The first kappa shape index (κ1) is 22.6. The van der Waals surface area contributed by atoms with Crippen LogP contribution in [0, 0.1) is 5.92 Å². The number of nitrogens with one attached hydrogen (secondary N) is 1. The summed E-state index contributed by atoms with van der Waals surface area (Å²) >= 11 is 0. The molecule has 1 saturated carbocycles. The fourth-order valence-electron chi connectivity index (χ4n) is 4.37. The molecule has 1 fully saturated rings. The van der Waals surface area contributed by atoms with Crippen molar-refractivity contribution in [2.75, 3.05) is 7.11 Å². The molecule has 3 rings (SSSR count). The topological polar surface area (TPSA) is 97.8 Å². The highest BCUT2D eigenvalue weighted by atomic mass is 16.5. The van der Waals surface area contributed by atoms with Crippen molar-refractivity contribution in [1.29, 1.82) is 0 Å². The van der Waals surface area contributed by atoms with Gasteiger partial charge >= 0.3 is 5.97 Å². The Morgan fingerprint density at radius 1 is 1.13 bits per heavy atom. The molecule has 1 aliphatic rings. The summed E-state index contributed by atoms with van der Waals surface area (Å²) in [5.74, 6) is -0.869. The largest absolute Gasteiger partial charge is 0.503 e. The molecule has 166 valence electrons. The zero-order chi connectivity index (χ0) is 22.4. The molecule has 31 heavy (non-hydrogen) atoms. The second-order valence-corrected chi connectivity index (χ2v) is 8.03. The van der Waals surface area contributed by atoms with Crippen molar-refractivity contribution in [2.45, 2.75) is 57.6 Å². The Labute approximate surface area is 182 Å². The van der Waals surface area contributed by atoms with E-state index in [0.717, 1.165) is 18.4 Å². The molecule has 0 bridgehead atoms. The third kappa shape index (κ3) is 5.34. The standard InChI is InChI=1S/C24H30N2O5/c1-15(26-23(28)21-22(27)19(30-3)13-14-25-21)24(29)31-16(2)20(18-11-7-8-12-18)17-9-5-4-6-10-17/h4-6,9-10,13-16,18,20,27H,7-8,11-12H2,1-3H3,(H,26,28)/t15-,16-,20-/m0/s1. The summed E-state index contributed by atoms with van der Waals surface area (Å²) in [4.78, 5) is 29.1. The molecule has 0 saturated heterocycles. The summed E-state index contributed by atoms with van der Waals surface area (Å²) in [6.07, 6.45) is 5.64. The van der Waals surface area contributed by atoms with Crippen LogP contribution in [0.2, 0.25) is 0 Å². The van der Waals surface area contributed by atoms with Crippen LogP contribution in [0.15, 0.2) is 42.6 Å². The predicted octanol–water partition coefficient (Wildman–Crippen LogP) is 3.82. The Bertz CT molecular complexity index is 896. The van der Waals surface area contributed by atoms with Crippen molar-refractivity contribution in [1.82, 2.24) is 10.3 Å². The number of nitrogens with zero attached hydrogens (tertiary/aromatic N) is 1. The average Bonchev–Trinajstić information content (AvgIpc) is 3.28. The van der Waals surface area contributed by atoms with E-state index in [1.807, 2.05) is 25.1 Å². The molecule has 7 nitrogen and oxygen atoms in total. The maximum absolute atomic E-state index is 12.7. The van der Waals surface area contributed by atoms with Gasteiger partial charge in [0.05, 0.1) is 7.11 Å². The van der Waals surface area contributed by atoms with Gasteiger partial charge < -0.3 is 19.9 Å². The number of rotatable bonds is 8. The highest BCUT2D eigenvalue weighted by molar-refractivity contribution is 5.97. The maximum atomic E-state index is 12.7. The molecule has 2 N–H and O–H groups in total. The molecular formula is C24H30N2O5. The van der Waals surface area contributed by atoms with Crippen molar-refractivity contribution in [3.63, 3.8) is 0 Å². The summed E-state index contributed by atoms with van der Waals surface area (Å²) in [5, 5.41) is 12.7. The molecule has 0 spiro atoms. The Kier molecular flexibility index (Phi) is 7.50. The Morgan fingerprint density at radius 3 is 2.45 bits per heavy atom. The number of carbonyl (C=O) groups excluding carboxylic acids is 2. The van der Waals surface area contributed by atoms with E-state index in [1.54, 1.807) is 6.92 Å². The van der Waals surface area contributed by atoms with Crippen molar-refractivity contribution in [3.05, 3.63) is 53.9 Å². The minimum atomic E-state index is -0.901.